The number of hydrogen-bond acceptors (Lipinski definition) is 4. The van der Waals surface area contributed by atoms with E-state index in [1.54, 1.807) is 18.2 Å². The topological polar surface area (TPSA) is 80.3 Å². The third-order valence-corrected chi connectivity index (χ3v) is 6.98. The van der Waals surface area contributed by atoms with Gasteiger partial charge in [-0.05, 0) is 34.5 Å². The van der Waals surface area contributed by atoms with E-state index in [1.807, 2.05) is 0 Å². The van der Waals surface area contributed by atoms with E-state index in [0.29, 0.717) is 10.9 Å². The number of sulfone groups is 1. The van der Waals surface area contributed by atoms with Gasteiger partial charge >= 0.3 is 0 Å². The summed E-state index contributed by atoms with van der Waals surface area (Å²) in [5.74, 6) is -0.0904. The van der Waals surface area contributed by atoms with Crippen LogP contribution in [0.1, 0.15) is 6.42 Å². The average molecular weight is 354 g/mol. The summed E-state index contributed by atoms with van der Waals surface area (Å²) in [6.45, 7) is 0. The van der Waals surface area contributed by atoms with Gasteiger partial charge in [-0.2, -0.15) is 0 Å². The van der Waals surface area contributed by atoms with Crippen molar-refractivity contribution in [2.24, 2.45) is 0 Å². The minimum absolute atomic E-state index is 0.0378. The zero-order valence-corrected chi connectivity index (χ0v) is 12.6. The van der Waals surface area contributed by atoms with Crippen molar-refractivity contribution in [3.8, 4) is 0 Å². The number of halogens is 1. The molecule has 8 heteroatoms. The van der Waals surface area contributed by atoms with Gasteiger partial charge in [0.15, 0.2) is 9.84 Å². The molecule has 1 saturated heterocycles. The van der Waals surface area contributed by atoms with Crippen molar-refractivity contribution in [2.45, 2.75) is 17.4 Å². The van der Waals surface area contributed by atoms with E-state index in [4.69, 9.17) is 0 Å². The van der Waals surface area contributed by atoms with Crippen LogP contribution in [0.3, 0.4) is 0 Å². The normalized spacial score (nSPS) is 23.1. The Labute approximate surface area is 115 Å². The Bertz CT molecular complexity index is 654. The molecule has 1 atom stereocenters. The quantitative estimate of drug-likeness (QED) is 0.875. The molecular formula is C10H12BrNO4S2. The second kappa shape index (κ2) is 4.92. The van der Waals surface area contributed by atoms with E-state index >= 15 is 0 Å². The second-order valence-electron chi connectivity index (χ2n) is 4.15. The molecule has 1 N–H and O–H groups in total. The van der Waals surface area contributed by atoms with Crippen molar-refractivity contribution in [2.75, 3.05) is 11.5 Å². The molecule has 1 fully saturated rings. The van der Waals surface area contributed by atoms with Crippen LogP contribution in [-0.4, -0.2) is 34.4 Å². The lowest BCUT2D eigenvalue weighted by molar-refractivity contribution is 0.562. The Morgan fingerprint density at radius 3 is 2.50 bits per heavy atom. The van der Waals surface area contributed by atoms with E-state index in [2.05, 4.69) is 20.7 Å². The van der Waals surface area contributed by atoms with Crippen molar-refractivity contribution in [1.29, 1.82) is 0 Å². The van der Waals surface area contributed by atoms with Gasteiger partial charge in [-0.15, -0.1) is 0 Å². The fraction of sp³-hybridized carbons (Fsp3) is 0.400. The average Bonchev–Trinajstić information content (AvgIpc) is 2.57. The Morgan fingerprint density at radius 1 is 1.28 bits per heavy atom. The van der Waals surface area contributed by atoms with Crippen LogP contribution in [0.25, 0.3) is 0 Å². The molecule has 1 aliphatic rings. The molecular weight excluding hydrogens is 342 g/mol. The zero-order valence-electron chi connectivity index (χ0n) is 9.34. The third-order valence-electron chi connectivity index (χ3n) is 2.68. The minimum atomic E-state index is -3.69. The molecule has 2 rings (SSSR count). The Hall–Kier alpha value is -0.440. The number of hydrogen-bond donors (Lipinski definition) is 1. The molecule has 0 saturated carbocycles. The van der Waals surface area contributed by atoms with E-state index in [0.717, 1.165) is 0 Å². The van der Waals surface area contributed by atoms with E-state index in [1.165, 1.54) is 6.07 Å². The Balaban J connectivity index is 2.22. The van der Waals surface area contributed by atoms with Gasteiger partial charge in [0.25, 0.3) is 0 Å². The third kappa shape index (κ3) is 3.11. The van der Waals surface area contributed by atoms with Crippen LogP contribution in [-0.2, 0) is 19.9 Å². The van der Waals surface area contributed by atoms with E-state index in [-0.39, 0.29) is 16.4 Å². The summed E-state index contributed by atoms with van der Waals surface area (Å²) in [4.78, 5) is 0.120. The van der Waals surface area contributed by atoms with Crippen molar-refractivity contribution >= 4 is 35.8 Å². The molecule has 0 spiro atoms. The van der Waals surface area contributed by atoms with Crippen LogP contribution in [0, 0.1) is 0 Å². The summed E-state index contributed by atoms with van der Waals surface area (Å²) in [5.41, 5.74) is 0. The maximum absolute atomic E-state index is 12.1. The first-order valence-corrected chi connectivity index (χ1v) is 9.37. The fourth-order valence-corrected chi connectivity index (χ4v) is 5.89. The lowest BCUT2D eigenvalue weighted by atomic mass is 10.3. The van der Waals surface area contributed by atoms with Crippen molar-refractivity contribution in [1.82, 2.24) is 4.72 Å². The summed E-state index contributed by atoms with van der Waals surface area (Å²) < 4.78 is 49.6. The predicted octanol–water partition coefficient (Wildman–Crippen LogP) is 0.914. The molecule has 1 unspecified atom stereocenters. The summed E-state index contributed by atoms with van der Waals surface area (Å²) in [5, 5.41) is 0. The van der Waals surface area contributed by atoms with Gasteiger partial charge in [-0.3, -0.25) is 0 Å². The molecule has 5 nitrogen and oxygen atoms in total. The predicted molar refractivity (Wildman–Crippen MR) is 71.5 cm³/mol. The number of nitrogens with one attached hydrogen (secondary N) is 1. The van der Waals surface area contributed by atoms with Gasteiger partial charge in [0.05, 0.1) is 16.4 Å². The maximum atomic E-state index is 12.1. The Kier molecular flexibility index (Phi) is 3.82. The molecule has 18 heavy (non-hydrogen) atoms. The molecule has 1 aromatic rings. The minimum Gasteiger partial charge on any atom is -0.229 e. The lowest BCUT2D eigenvalue weighted by Crippen LogP contribution is -2.35. The van der Waals surface area contributed by atoms with Gasteiger partial charge in [0.2, 0.25) is 10.0 Å². The van der Waals surface area contributed by atoms with Gasteiger partial charge in [0, 0.05) is 10.5 Å². The zero-order chi connectivity index (χ0) is 13.4. The summed E-state index contributed by atoms with van der Waals surface area (Å²) in [7, 11) is -6.78. The van der Waals surface area contributed by atoms with Gasteiger partial charge in [-0.25, -0.2) is 21.6 Å². The monoisotopic (exact) mass is 353 g/mol. The lowest BCUT2D eigenvalue weighted by Gasteiger charge is -2.12. The molecule has 0 amide bonds. The van der Waals surface area contributed by atoms with E-state index < -0.39 is 25.9 Å². The highest BCUT2D eigenvalue weighted by molar-refractivity contribution is 9.10. The molecule has 0 aliphatic carbocycles. The molecule has 0 aromatic heterocycles. The van der Waals surface area contributed by atoms with Crippen LogP contribution >= 0.6 is 15.9 Å². The first-order valence-electron chi connectivity index (χ1n) is 5.27. The fourth-order valence-electron chi connectivity index (χ4n) is 1.83. The first-order chi connectivity index (χ1) is 8.30. The smallest absolute Gasteiger partial charge is 0.229 e. The summed E-state index contributed by atoms with van der Waals surface area (Å²) >= 11 is 3.17. The van der Waals surface area contributed by atoms with Crippen molar-refractivity contribution in [3.05, 3.63) is 28.7 Å². The van der Waals surface area contributed by atoms with Crippen molar-refractivity contribution in [3.63, 3.8) is 0 Å². The Morgan fingerprint density at radius 2 is 1.94 bits per heavy atom. The molecule has 1 heterocycles. The highest BCUT2D eigenvalue weighted by Crippen LogP contribution is 2.22. The van der Waals surface area contributed by atoms with Crippen LogP contribution < -0.4 is 4.72 Å². The molecule has 0 radical (unpaired) electrons. The molecule has 1 aliphatic heterocycles. The number of rotatable bonds is 3. The summed E-state index contributed by atoms with van der Waals surface area (Å²) in [6.07, 6.45) is 0.325. The first kappa shape index (κ1) is 14.0. The molecule has 1 aromatic carbocycles. The van der Waals surface area contributed by atoms with Gasteiger partial charge < -0.3 is 0 Å². The molecule has 100 valence electrons. The highest BCUT2D eigenvalue weighted by atomic mass is 79.9. The second-order valence-corrected chi connectivity index (χ2v) is 8.92. The molecule has 0 bridgehead atoms. The van der Waals surface area contributed by atoms with E-state index in [9.17, 15) is 16.8 Å². The maximum Gasteiger partial charge on any atom is 0.241 e. The van der Waals surface area contributed by atoms with Crippen LogP contribution in [0.2, 0.25) is 0 Å². The van der Waals surface area contributed by atoms with Crippen LogP contribution in [0.5, 0.6) is 0 Å². The SMILES string of the molecule is O=S1(=O)CCC(NS(=O)(=O)c2ccccc2Br)C1. The van der Waals surface area contributed by atoms with Crippen LogP contribution in [0.4, 0.5) is 0 Å². The van der Waals surface area contributed by atoms with Crippen LogP contribution in [0.15, 0.2) is 33.6 Å². The van der Waals surface area contributed by atoms with Crippen molar-refractivity contribution < 1.29 is 16.8 Å². The summed E-state index contributed by atoms with van der Waals surface area (Å²) in [6, 6.07) is 5.89. The van der Waals surface area contributed by atoms with Gasteiger partial charge in [-0.1, -0.05) is 12.1 Å². The largest absolute Gasteiger partial charge is 0.241 e. The van der Waals surface area contributed by atoms with Gasteiger partial charge in [0.1, 0.15) is 0 Å². The standard InChI is InChI=1S/C10H12BrNO4S2/c11-9-3-1-2-4-10(9)18(15,16)12-8-5-6-17(13,14)7-8/h1-4,8,12H,5-7H2. The number of benzene rings is 1. The highest BCUT2D eigenvalue weighted by Gasteiger charge is 2.31. The number of sulfonamides is 1.